The summed E-state index contributed by atoms with van der Waals surface area (Å²) in [7, 11) is 2.49. The number of allylic oxidation sites excluding steroid dienone is 2. The summed E-state index contributed by atoms with van der Waals surface area (Å²) in [5, 5.41) is 18.8. The Morgan fingerprint density at radius 3 is 2.27 bits per heavy atom. The monoisotopic (exact) mass is 359 g/mol. The molecule has 0 unspecified atom stereocenters. The molecule has 1 N–H and O–H groups in total. The van der Waals surface area contributed by atoms with Crippen LogP contribution in [0.15, 0.2) is 45.4 Å². The van der Waals surface area contributed by atoms with Crippen LogP contribution in [-0.4, -0.2) is 31.3 Å². The van der Waals surface area contributed by atoms with Crippen molar-refractivity contribution in [2.45, 2.75) is 19.8 Å². The minimum atomic E-state index is -0.876. The Labute approximate surface area is 148 Å². The molecule has 9 nitrogen and oxygen atoms in total. The van der Waals surface area contributed by atoms with Gasteiger partial charge < -0.3 is 20.0 Å². The molecular formula is C17H17N3O6. The van der Waals surface area contributed by atoms with Gasteiger partial charge in [0, 0.05) is 22.1 Å². The number of fused-ring (bicyclic) bond motifs is 1. The zero-order valence-electron chi connectivity index (χ0n) is 14.7. The summed E-state index contributed by atoms with van der Waals surface area (Å²) in [5.74, 6) is -2.13. The molecule has 0 bridgehead atoms. The number of hydrogen-bond acceptors (Lipinski definition) is 8. The quantitative estimate of drug-likeness (QED) is 0.638. The highest BCUT2D eigenvalue weighted by molar-refractivity contribution is 6.01. The molecule has 2 heterocycles. The molecule has 0 radical (unpaired) electrons. The van der Waals surface area contributed by atoms with Gasteiger partial charge in [0.25, 0.3) is 0 Å². The second kappa shape index (κ2) is 6.51. The Bertz CT molecular complexity index is 934. The molecule has 0 amide bonds. The highest BCUT2D eigenvalue weighted by atomic mass is 16.8. The molecule has 2 aromatic rings. The van der Waals surface area contributed by atoms with E-state index in [1.165, 1.54) is 14.2 Å². The molecule has 1 aromatic carbocycles. The number of rotatable bonds is 3. The average Bonchev–Trinajstić information content (AvgIpc) is 3.01. The summed E-state index contributed by atoms with van der Waals surface area (Å²) in [6.07, 6.45) is 0. The van der Waals surface area contributed by atoms with E-state index in [1.807, 2.05) is 0 Å². The van der Waals surface area contributed by atoms with Crippen LogP contribution in [0.1, 0.15) is 25.3 Å². The number of para-hydroxylation sites is 1. The minimum Gasteiger partial charge on any atom is -0.466 e. The molecule has 0 atom stereocenters. The van der Waals surface area contributed by atoms with Gasteiger partial charge in [0.05, 0.1) is 31.3 Å². The predicted octanol–water partition coefficient (Wildman–Crippen LogP) is 1.04. The van der Waals surface area contributed by atoms with Crippen molar-refractivity contribution >= 4 is 23.0 Å². The number of hydrogen-bond donors (Lipinski definition) is 1. The molecule has 1 aliphatic heterocycles. The number of nitrogens with one attached hydrogen (secondary N) is 1. The van der Waals surface area contributed by atoms with Gasteiger partial charge in [-0.2, -0.15) is 0 Å². The highest BCUT2D eigenvalue weighted by Gasteiger charge is 2.40. The van der Waals surface area contributed by atoms with Gasteiger partial charge in [-0.25, -0.2) is 9.59 Å². The number of ether oxygens (including phenoxy) is 2. The Hall–Kier alpha value is -3.36. The lowest BCUT2D eigenvalue weighted by Gasteiger charge is -2.29. The van der Waals surface area contributed by atoms with E-state index in [0.717, 1.165) is 0 Å². The smallest absolute Gasteiger partial charge is 0.336 e. The maximum atomic E-state index is 12.5. The SMILES string of the molecule is COC(=O)C1=C(C)NC(C)=C(C(=O)OC)C1c1cccc2no[n+]([O-])c12. The van der Waals surface area contributed by atoms with Gasteiger partial charge in [0.2, 0.25) is 11.0 Å². The van der Waals surface area contributed by atoms with Crippen LogP contribution in [0.25, 0.3) is 11.0 Å². The van der Waals surface area contributed by atoms with Crippen LogP contribution in [-0.2, 0) is 19.1 Å². The second-order valence-electron chi connectivity index (χ2n) is 5.76. The molecule has 0 saturated carbocycles. The Kier molecular flexibility index (Phi) is 4.37. The molecule has 26 heavy (non-hydrogen) atoms. The molecule has 0 saturated heterocycles. The first-order chi connectivity index (χ1) is 12.4. The number of carbonyl (C=O) groups is 2. The number of carbonyl (C=O) groups excluding carboxylic acids is 2. The Morgan fingerprint density at radius 2 is 1.73 bits per heavy atom. The predicted molar refractivity (Wildman–Crippen MR) is 88.3 cm³/mol. The minimum absolute atomic E-state index is 0.128. The number of dihydropyridines is 1. The van der Waals surface area contributed by atoms with Gasteiger partial charge in [-0.1, -0.05) is 12.1 Å². The van der Waals surface area contributed by atoms with Crippen molar-refractivity contribution < 1.29 is 28.6 Å². The number of esters is 2. The third kappa shape index (κ3) is 2.57. The average molecular weight is 359 g/mol. The number of methoxy groups -OCH3 is 2. The third-order valence-electron chi connectivity index (χ3n) is 4.32. The van der Waals surface area contributed by atoms with Crippen molar-refractivity contribution in [3.63, 3.8) is 0 Å². The first-order valence-electron chi connectivity index (χ1n) is 7.74. The van der Waals surface area contributed by atoms with Crippen LogP contribution in [0.4, 0.5) is 0 Å². The van der Waals surface area contributed by atoms with Gasteiger partial charge in [-0.15, -0.1) is 0 Å². The van der Waals surface area contributed by atoms with E-state index in [0.29, 0.717) is 22.5 Å². The first-order valence-corrected chi connectivity index (χ1v) is 7.74. The Morgan fingerprint density at radius 1 is 1.15 bits per heavy atom. The fourth-order valence-electron chi connectivity index (χ4n) is 3.24. The number of nitrogens with zero attached hydrogens (tertiary/aromatic N) is 2. The highest BCUT2D eigenvalue weighted by Crippen LogP contribution is 2.40. The van der Waals surface area contributed by atoms with Gasteiger partial charge in [0.15, 0.2) is 0 Å². The van der Waals surface area contributed by atoms with E-state index in [1.54, 1.807) is 32.0 Å². The van der Waals surface area contributed by atoms with Crippen molar-refractivity contribution in [3.8, 4) is 0 Å². The third-order valence-corrected chi connectivity index (χ3v) is 4.32. The number of benzene rings is 1. The van der Waals surface area contributed by atoms with Crippen LogP contribution in [0.2, 0.25) is 0 Å². The van der Waals surface area contributed by atoms with Gasteiger partial charge in [-0.05, 0) is 24.8 Å². The summed E-state index contributed by atoms with van der Waals surface area (Å²) in [5.41, 5.74) is 2.25. The molecular weight excluding hydrogens is 342 g/mol. The second-order valence-corrected chi connectivity index (χ2v) is 5.76. The van der Waals surface area contributed by atoms with E-state index >= 15 is 0 Å². The molecule has 0 aliphatic carbocycles. The van der Waals surface area contributed by atoms with Crippen molar-refractivity contribution in [3.05, 3.63) is 51.5 Å². The van der Waals surface area contributed by atoms with Crippen molar-refractivity contribution in [1.29, 1.82) is 0 Å². The summed E-state index contributed by atoms with van der Waals surface area (Å²) in [6.45, 7) is 3.38. The zero-order chi connectivity index (χ0) is 19.0. The summed E-state index contributed by atoms with van der Waals surface area (Å²) in [6, 6.07) is 4.90. The summed E-state index contributed by atoms with van der Waals surface area (Å²) in [4.78, 5) is 25.2. The summed E-state index contributed by atoms with van der Waals surface area (Å²) >= 11 is 0. The number of aromatic nitrogens is 2. The van der Waals surface area contributed by atoms with Crippen LogP contribution in [0.5, 0.6) is 0 Å². The van der Waals surface area contributed by atoms with Gasteiger partial charge in [0.1, 0.15) is 0 Å². The summed E-state index contributed by atoms with van der Waals surface area (Å²) < 4.78 is 14.5. The Balaban J connectivity index is 2.35. The van der Waals surface area contributed by atoms with Crippen LogP contribution in [0.3, 0.4) is 0 Å². The van der Waals surface area contributed by atoms with E-state index in [9.17, 15) is 14.8 Å². The molecule has 1 aromatic heterocycles. The lowest BCUT2D eigenvalue weighted by Crippen LogP contribution is -2.33. The molecule has 0 spiro atoms. The van der Waals surface area contributed by atoms with Crippen molar-refractivity contribution in [2.75, 3.05) is 14.2 Å². The molecule has 1 aliphatic rings. The fourth-order valence-corrected chi connectivity index (χ4v) is 3.24. The maximum absolute atomic E-state index is 12.5. The van der Waals surface area contributed by atoms with E-state index < -0.39 is 17.9 Å². The largest absolute Gasteiger partial charge is 0.466 e. The maximum Gasteiger partial charge on any atom is 0.336 e. The molecule has 136 valence electrons. The zero-order valence-corrected chi connectivity index (χ0v) is 14.7. The lowest BCUT2D eigenvalue weighted by molar-refractivity contribution is -0.782. The lowest BCUT2D eigenvalue weighted by atomic mass is 9.80. The molecule has 0 fully saturated rings. The van der Waals surface area contributed by atoms with E-state index in [-0.39, 0.29) is 21.6 Å². The topological polar surface area (TPSA) is 118 Å². The van der Waals surface area contributed by atoms with E-state index in [2.05, 4.69) is 15.1 Å². The van der Waals surface area contributed by atoms with Crippen LogP contribution < -0.4 is 10.2 Å². The van der Waals surface area contributed by atoms with Gasteiger partial charge in [-0.3, -0.25) is 4.63 Å². The van der Waals surface area contributed by atoms with Crippen LogP contribution in [0, 0.1) is 5.21 Å². The van der Waals surface area contributed by atoms with Gasteiger partial charge >= 0.3 is 11.9 Å². The fraction of sp³-hybridized carbons (Fsp3) is 0.294. The normalized spacial score (nSPS) is 15.2. The van der Waals surface area contributed by atoms with E-state index in [4.69, 9.17) is 9.47 Å². The molecule has 3 rings (SSSR count). The van der Waals surface area contributed by atoms with Crippen LogP contribution >= 0.6 is 0 Å². The molecule has 9 heteroatoms. The van der Waals surface area contributed by atoms with Crippen molar-refractivity contribution in [2.24, 2.45) is 0 Å². The first kappa shape index (κ1) is 17.5. The standard InChI is InChI=1S/C17H17N3O6/c1-8-12(16(21)24-3)14(13(9(2)18-8)17(22)25-4)10-6-5-7-11-15(10)20(23)26-19-11/h5-7,14,18H,1-4H3. The van der Waals surface area contributed by atoms with Crippen molar-refractivity contribution in [1.82, 2.24) is 10.5 Å².